The van der Waals surface area contributed by atoms with Gasteiger partial charge in [-0.1, -0.05) is 55.0 Å². The van der Waals surface area contributed by atoms with Gasteiger partial charge in [0.05, 0.1) is 24.8 Å². The monoisotopic (exact) mass is 595 g/mol. The SMILES string of the molecule is CC[C@H](C(=O)NC(C)(C)C)N(Cc1ccc(C)cc1)C(=O)CN(c1ccccc1)S(=O)(=O)c1ccc(OC)c(OC)c1. The number of hydrogen-bond donors (Lipinski definition) is 1. The first kappa shape index (κ1) is 32.5. The smallest absolute Gasteiger partial charge is 0.264 e. The molecular weight excluding hydrogens is 554 g/mol. The van der Waals surface area contributed by atoms with E-state index in [1.54, 1.807) is 30.3 Å². The van der Waals surface area contributed by atoms with E-state index in [-0.39, 0.29) is 23.1 Å². The molecule has 1 N–H and O–H groups in total. The molecule has 0 saturated carbocycles. The summed E-state index contributed by atoms with van der Waals surface area (Å²) >= 11 is 0. The molecule has 2 amide bonds. The molecule has 0 aliphatic heterocycles. The summed E-state index contributed by atoms with van der Waals surface area (Å²) in [5.41, 5.74) is 1.68. The molecule has 3 aromatic rings. The number of hydrogen-bond acceptors (Lipinski definition) is 6. The van der Waals surface area contributed by atoms with E-state index < -0.39 is 34.1 Å². The van der Waals surface area contributed by atoms with Crippen molar-refractivity contribution in [2.45, 2.75) is 64.1 Å². The third-order valence-corrected chi connectivity index (χ3v) is 8.39. The minimum absolute atomic E-state index is 0.0700. The van der Waals surface area contributed by atoms with Crippen LogP contribution in [0.15, 0.2) is 77.7 Å². The van der Waals surface area contributed by atoms with E-state index in [9.17, 15) is 18.0 Å². The number of methoxy groups -OCH3 is 2. The Bertz CT molecular complexity index is 1470. The fraction of sp³-hybridized carbons (Fsp3) is 0.375. The summed E-state index contributed by atoms with van der Waals surface area (Å²) < 4.78 is 39.9. The predicted molar refractivity (Wildman–Crippen MR) is 164 cm³/mol. The summed E-state index contributed by atoms with van der Waals surface area (Å²) in [4.78, 5) is 29.0. The van der Waals surface area contributed by atoms with Crippen molar-refractivity contribution < 1.29 is 27.5 Å². The summed E-state index contributed by atoms with van der Waals surface area (Å²) in [6.07, 6.45) is 0.341. The molecule has 0 spiro atoms. The lowest BCUT2D eigenvalue weighted by atomic mass is 10.1. The van der Waals surface area contributed by atoms with Gasteiger partial charge in [-0.05, 0) is 63.9 Å². The van der Waals surface area contributed by atoms with Crippen LogP contribution in [0.4, 0.5) is 5.69 Å². The van der Waals surface area contributed by atoms with Gasteiger partial charge in [0.2, 0.25) is 11.8 Å². The quantitative estimate of drug-likeness (QED) is 0.318. The average molecular weight is 596 g/mol. The zero-order chi connectivity index (χ0) is 31.1. The van der Waals surface area contributed by atoms with E-state index in [1.165, 1.54) is 37.3 Å². The number of carbonyl (C=O) groups is 2. The van der Waals surface area contributed by atoms with E-state index in [0.717, 1.165) is 15.4 Å². The number of nitrogens with zero attached hydrogens (tertiary/aromatic N) is 2. The minimum atomic E-state index is -4.25. The number of rotatable bonds is 12. The van der Waals surface area contributed by atoms with Gasteiger partial charge in [0.25, 0.3) is 10.0 Å². The van der Waals surface area contributed by atoms with Crippen molar-refractivity contribution in [2.24, 2.45) is 0 Å². The number of ether oxygens (including phenoxy) is 2. The molecule has 1 atom stereocenters. The fourth-order valence-electron chi connectivity index (χ4n) is 4.49. The third-order valence-electron chi connectivity index (χ3n) is 6.62. The lowest BCUT2D eigenvalue weighted by Crippen LogP contribution is -2.55. The van der Waals surface area contributed by atoms with Gasteiger partial charge in [0, 0.05) is 18.2 Å². The maximum absolute atomic E-state index is 14.2. The highest BCUT2D eigenvalue weighted by Gasteiger charge is 2.35. The third kappa shape index (κ3) is 8.03. The van der Waals surface area contributed by atoms with Crippen molar-refractivity contribution in [1.82, 2.24) is 10.2 Å². The van der Waals surface area contributed by atoms with Crippen LogP contribution in [-0.4, -0.2) is 57.5 Å². The molecule has 42 heavy (non-hydrogen) atoms. The molecule has 0 bridgehead atoms. The minimum Gasteiger partial charge on any atom is -0.493 e. The molecule has 0 heterocycles. The van der Waals surface area contributed by atoms with Crippen LogP contribution in [0.2, 0.25) is 0 Å². The normalized spacial score (nSPS) is 12.3. The van der Waals surface area contributed by atoms with Crippen LogP contribution in [0.5, 0.6) is 11.5 Å². The number of sulfonamides is 1. The summed E-state index contributed by atoms with van der Waals surface area (Å²) in [6, 6.07) is 19.6. The Kier molecular flexibility index (Phi) is 10.6. The second-order valence-corrected chi connectivity index (χ2v) is 12.9. The molecule has 0 saturated heterocycles. The number of benzene rings is 3. The Morgan fingerprint density at radius 3 is 2.07 bits per heavy atom. The number of carbonyl (C=O) groups excluding carboxylic acids is 2. The molecule has 0 aliphatic carbocycles. The Labute approximate surface area is 249 Å². The van der Waals surface area contributed by atoms with Gasteiger partial charge in [-0.3, -0.25) is 13.9 Å². The molecule has 226 valence electrons. The molecule has 0 unspecified atom stereocenters. The maximum Gasteiger partial charge on any atom is 0.264 e. The van der Waals surface area contributed by atoms with Crippen LogP contribution in [0.25, 0.3) is 0 Å². The zero-order valence-electron chi connectivity index (χ0n) is 25.4. The summed E-state index contributed by atoms with van der Waals surface area (Å²) in [6.45, 7) is 9.02. The molecule has 0 aliphatic rings. The van der Waals surface area contributed by atoms with Crippen molar-refractivity contribution in [3.05, 3.63) is 83.9 Å². The van der Waals surface area contributed by atoms with Crippen molar-refractivity contribution in [2.75, 3.05) is 25.1 Å². The van der Waals surface area contributed by atoms with Gasteiger partial charge in [0.1, 0.15) is 12.6 Å². The number of amides is 2. The van der Waals surface area contributed by atoms with Gasteiger partial charge in [-0.15, -0.1) is 0 Å². The molecule has 3 aromatic carbocycles. The van der Waals surface area contributed by atoms with Crippen molar-refractivity contribution in [3.63, 3.8) is 0 Å². The van der Waals surface area contributed by atoms with Crippen LogP contribution in [0.1, 0.15) is 45.2 Å². The fourth-order valence-corrected chi connectivity index (χ4v) is 5.92. The standard InChI is InChI=1S/C32H41N3O6S/c1-8-27(31(37)33-32(3,4)5)34(21-24-16-14-23(2)15-17-24)30(36)22-35(25-12-10-9-11-13-25)42(38,39)26-18-19-28(40-6)29(20-26)41-7/h9-20,27H,8,21-22H2,1-7H3,(H,33,37)/t27-/m1/s1. The van der Waals surface area contributed by atoms with Gasteiger partial charge >= 0.3 is 0 Å². The van der Waals surface area contributed by atoms with Crippen molar-refractivity contribution in [3.8, 4) is 11.5 Å². The first-order valence-corrected chi connectivity index (χ1v) is 15.2. The Morgan fingerprint density at radius 1 is 0.905 bits per heavy atom. The topological polar surface area (TPSA) is 105 Å². The Balaban J connectivity index is 2.08. The second kappa shape index (κ2) is 13.7. The highest BCUT2D eigenvalue weighted by molar-refractivity contribution is 7.92. The zero-order valence-corrected chi connectivity index (χ0v) is 26.2. The molecule has 0 radical (unpaired) electrons. The van der Waals surface area contributed by atoms with Crippen molar-refractivity contribution in [1.29, 1.82) is 0 Å². The van der Waals surface area contributed by atoms with Crippen molar-refractivity contribution >= 4 is 27.5 Å². The highest BCUT2D eigenvalue weighted by atomic mass is 32.2. The van der Waals surface area contributed by atoms with Crippen LogP contribution >= 0.6 is 0 Å². The number of aryl methyl sites for hydroxylation is 1. The van der Waals surface area contributed by atoms with Crippen LogP contribution in [-0.2, 0) is 26.2 Å². The molecule has 0 aromatic heterocycles. The molecule has 9 nitrogen and oxygen atoms in total. The largest absolute Gasteiger partial charge is 0.493 e. The van der Waals surface area contributed by atoms with E-state index in [1.807, 2.05) is 58.9 Å². The summed E-state index contributed by atoms with van der Waals surface area (Å²) in [5.74, 6) is -0.207. The number of nitrogens with one attached hydrogen (secondary N) is 1. The van der Waals surface area contributed by atoms with Gasteiger partial charge in [-0.25, -0.2) is 8.42 Å². The maximum atomic E-state index is 14.2. The lowest BCUT2D eigenvalue weighted by Gasteiger charge is -2.34. The summed E-state index contributed by atoms with van der Waals surface area (Å²) in [5, 5.41) is 2.97. The van der Waals surface area contributed by atoms with E-state index in [2.05, 4.69) is 5.32 Å². The van der Waals surface area contributed by atoms with Gasteiger partial charge < -0.3 is 19.7 Å². The van der Waals surface area contributed by atoms with Crippen LogP contribution in [0, 0.1) is 6.92 Å². The van der Waals surface area contributed by atoms with Crippen LogP contribution < -0.4 is 19.1 Å². The first-order valence-electron chi connectivity index (χ1n) is 13.8. The first-order chi connectivity index (χ1) is 19.8. The van der Waals surface area contributed by atoms with Gasteiger partial charge in [-0.2, -0.15) is 0 Å². The highest BCUT2D eigenvalue weighted by Crippen LogP contribution is 2.32. The predicted octanol–water partition coefficient (Wildman–Crippen LogP) is 4.93. The molecule has 0 fully saturated rings. The Morgan fingerprint density at radius 2 is 1.52 bits per heavy atom. The average Bonchev–Trinajstić information content (AvgIpc) is 2.95. The molecule has 3 rings (SSSR count). The van der Waals surface area contributed by atoms with Gasteiger partial charge in [0.15, 0.2) is 11.5 Å². The van der Waals surface area contributed by atoms with Crippen LogP contribution in [0.3, 0.4) is 0 Å². The van der Waals surface area contributed by atoms with E-state index >= 15 is 0 Å². The Hall–Kier alpha value is -4.05. The number of para-hydroxylation sites is 1. The molecule has 10 heteroatoms. The van der Waals surface area contributed by atoms with E-state index in [0.29, 0.717) is 17.9 Å². The summed E-state index contributed by atoms with van der Waals surface area (Å²) in [7, 11) is -1.37. The number of anilines is 1. The van der Waals surface area contributed by atoms with E-state index in [4.69, 9.17) is 9.47 Å². The second-order valence-electron chi connectivity index (χ2n) is 11.0. The molecular formula is C32H41N3O6S. The lowest BCUT2D eigenvalue weighted by molar-refractivity contribution is -0.141.